The topological polar surface area (TPSA) is 58.6 Å². The number of amides is 1. The lowest BCUT2D eigenvalue weighted by Gasteiger charge is -2.32. The summed E-state index contributed by atoms with van der Waals surface area (Å²) in [4.78, 5) is 25.6. The second kappa shape index (κ2) is 7.19. The molecule has 2 fully saturated rings. The van der Waals surface area contributed by atoms with E-state index in [4.69, 9.17) is 4.74 Å². The quantitative estimate of drug-likeness (QED) is 0.839. The first-order valence-electron chi connectivity index (χ1n) is 8.62. The first-order chi connectivity index (χ1) is 12.2. The molecule has 2 aromatic rings. The molecular weight excluding hydrogens is 336 g/mol. The third kappa shape index (κ3) is 3.73. The molecule has 0 aliphatic carbocycles. The Morgan fingerprint density at radius 2 is 2.12 bits per heavy atom. The van der Waals surface area contributed by atoms with Crippen molar-refractivity contribution in [3.8, 4) is 0 Å². The number of carbonyl (C=O) groups is 1. The summed E-state index contributed by atoms with van der Waals surface area (Å²) in [5, 5.41) is 3.17. The van der Waals surface area contributed by atoms with Crippen molar-refractivity contribution in [2.45, 2.75) is 13.0 Å². The summed E-state index contributed by atoms with van der Waals surface area (Å²) in [5.74, 6) is 0.0747. The van der Waals surface area contributed by atoms with Gasteiger partial charge in [0, 0.05) is 54.6 Å². The molecule has 1 spiro atoms. The molecule has 25 heavy (non-hydrogen) atoms. The fourth-order valence-electron chi connectivity index (χ4n) is 3.78. The van der Waals surface area contributed by atoms with Gasteiger partial charge in [0.05, 0.1) is 19.8 Å². The van der Waals surface area contributed by atoms with Crippen LogP contribution in [0.2, 0.25) is 0 Å². The van der Waals surface area contributed by atoms with E-state index in [1.165, 1.54) is 0 Å². The minimum atomic E-state index is 0.0243. The second-order valence-corrected chi connectivity index (χ2v) is 7.88. The number of likely N-dealkylation sites (tertiary alicyclic amines) is 1. The van der Waals surface area contributed by atoms with Crippen LogP contribution in [0.3, 0.4) is 0 Å². The number of rotatable bonds is 3. The normalized spacial score (nSPS) is 24.6. The summed E-state index contributed by atoms with van der Waals surface area (Å²) in [6.45, 7) is 5.59. The van der Waals surface area contributed by atoms with Crippen LogP contribution in [0.4, 0.5) is 0 Å². The minimum Gasteiger partial charge on any atom is -0.379 e. The average Bonchev–Trinajstić information content (AvgIpc) is 3.23. The predicted molar refractivity (Wildman–Crippen MR) is 95.4 cm³/mol. The SMILES string of the molecule is O=C(c1ccncc1)N1CCOCC2(CCN(Cc3nccs3)C2)C1. The van der Waals surface area contributed by atoms with Crippen LogP contribution in [0.25, 0.3) is 0 Å². The third-order valence-electron chi connectivity index (χ3n) is 5.01. The van der Waals surface area contributed by atoms with Crippen molar-refractivity contribution in [1.29, 1.82) is 0 Å². The van der Waals surface area contributed by atoms with E-state index in [9.17, 15) is 4.79 Å². The van der Waals surface area contributed by atoms with Crippen molar-refractivity contribution < 1.29 is 9.53 Å². The molecule has 4 heterocycles. The van der Waals surface area contributed by atoms with Gasteiger partial charge in [0.1, 0.15) is 5.01 Å². The summed E-state index contributed by atoms with van der Waals surface area (Å²) in [7, 11) is 0. The smallest absolute Gasteiger partial charge is 0.254 e. The van der Waals surface area contributed by atoms with Crippen LogP contribution in [-0.2, 0) is 11.3 Å². The van der Waals surface area contributed by atoms with E-state index in [0.29, 0.717) is 18.7 Å². The van der Waals surface area contributed by atoms with E-state index in [2.05, 4.69) is 14.9 Å². The number of thiazole rings is 1. The monoisotopic (exact) mass is 358 g/mol. The van der Waals surface area contributed by atoms with Crippen molar-refractivity contribution in [3.63, 3.8) is 0 Å². The molecule has 2 aliphatic heterocycles. The highest BCUT2D eigenvalue weighted by Crippen LogP contribution is 2.34. The molecule has 7 heteroatoms. The minimum absolute atomic E-state index is 0.0243. The van der Waals surface area contributed by atoms with Gasteiger partial charge in [0.15, 0.2) is 0 Å². The van der Waals surface area contributed by atoms with Gasteiger partial charge in [-0.2, -0.15) is 0 Å². The van der Waals surface area contributed by atoms with Gasteiger partial charge in [0.25, 0.3) is 5.91 Å². The van der Waals surface area contributed by atoms with E-state index in [1.807, 2.05) is 16.5 Å². The highest BCUT2D eigenvalue weighted by molar-refractivity contribution is 7.09. The van der Waals surface area contributed by atoms with Crippen LogP contribution in [0, 0.1) is 5.41 Å². The Bertz CT molecular complexity index is 709. The van der Waals surface area contributed by atoms with E-state index in [1.54, 1.807) is 35.9 Å². The Hall–Kier alpha value is -1.83. The van der Waals surface area contributed by atoms with Crippen LogP contribution in [0.15, 0.2) is 36.1 Å². The van der Waals surface area contributed by atoms with Gasteiger partial charge in [-0.15, -0.1) is 11.3 Å². The Labute approximate surface area is 151 Å². The standard InChI is InChI=1S/C18H22N4O2S/c23-17(15-1-4-19-5-2-15)22-8-9-24-14-18(13-22)3-7-21(12-18)11-16-20-6-10-25-16/h1-2,4-6,10H,3,7-9,11-14H2. The molecule has 0 aromatic carbocycles. The molecule has 2 aliphatic rings. The van der Waals surface area contributed by atoms with Crippen molar-refractivity contribution in [2.75, 3.05) is 39.4 Å². The lowest BCUT2D eigenvalue weighted by Crippen LogP contribution is -2.43. The van der Waals surface area contributed by atoms with E-state index < -0.39 is 0 Å². The molecule has 1 unspecified atom stereocenters. The summed E-state index contributed by atoms with van der Waals surface area (Å²) < 4.78 is 5.89. The number of nitrogens with zero attached hydrogens (tertiary/aromatic N) is 4. The lowest BCUT2D eigenvalue weighted by molar-refractivity contribution is 0.0644. The van der Waals surface area contributed by atoms with Crippen molar-refractivity contribution in [3.05, 3.63) is 46.7 Å². The molecule has 6 nitrogen and oxygen atoms in total. The molecule has 2 aromatic heterocycles. The summed E-state index contributed by atoms with van der Waals surface area (Å²) in [6, 6.07) is 3.56. The fourth-order valence-corrected chi connectivity index (χ4v) is 4.43. The molecule has 4 rings (SSSR count). The highest BCUT2D eigenvalue weighted by atomic mass is 32.1. The van der Waals surface area contributed by atoms with E-state index in [0.717, 1.165) is 44.2 Å². The Balaban J connectivity index is 1.46. The molecule has 2 saturated heterocycles. The summed E-state index contributed by atoms with van der Waals surface area (Å²) >= 11 is 1.70. The van der Waals surface area contributed by atoms with Crippen LogP contribution in [-0.4, -0.2) is 65.1 Å². The first kappa shape index (κ1) is 16.6. The number of aromatic nitrogens is 2. The van der Waals surface area contributed by atoms with Gasteiger partial charge >= 0.3 is 0 Å². The molecule has 0 bridgehead atoms. The second-order valence-electron chi connectivity index (χ2n) is 6.90. The van der Waals surface area contributed by atoms with Gasteiger partial charge in [-0.05, 0) is 25.1 Å². The maximum absolute atomic E-state index is 12.9. The number of pyridine rings is 1. The number of hydrogen-bond acceptors (Lipinski definition) is 6. The maximum atomic E-state index is 12.9. The molecule has 0 saturated carbocycles. The van der Waals surface area contributed by atoms with Gasteiger partial charge in [-0.3, -0.25) is 14.7 Å². The van der Waals surface area contributed by atoms with Crippen LogP contribution in [0.5, 0.6) is 0 Å². The molecule has 0 radical (unpaired) electrons. The highest BCUT2D eigenvalue weighted by Gasteiger charge is 2.42. The Kier molecular flexibility index (Phi) is 4.78. The summed E-state index contributed by atoms with van der Waals surface area (Å²) in [6.07, 6.45) is 6.25. The molecule has 132 valence electrons. The molecule has 0 N–H and O–H groups in total. The number of ether oxygens (including phenoxy) is 1. The zero-order chi connectivity index (χ0) is 17.1. The van der Waals surface area contributed by atoms with Crippen molar-refractivity contribution in [2.24, 2.45) is 5.41 Å². The molecule has 1 amide bonds. The fraction of sp³-hybridized carbons (Fsp3) is 0.500. The van der Waals surface area contributed by atoms with Crippen molar-refractivity contribution in [1.82, 2.24) is 19.8 Å². The van der Waals surface area contributed by atoms with E-state index >= 15 is 0 Å². The average molecular weight is 358 g/mol. The largest absolute Gasteiger partial charge is 0.379 e. The zero-order valence-electron chi connectivity index (χ0n) is 14.1. The summed E-state index contributed by atoms with van der Waals surface area (Å²) in [5.41, 5.74) is 0.723. The van der Waals surface area contributed by atoms with Crippen LogP contribution in [0.1, 0.15) is 21.8 Å². The number of hydrogen-bond donors (Lipinski definition) is 0. The van der Waals surface area contributed by atoms with Crippen LogP contribution < -0.4 is 0 Å². The third-order valence-corrected chi connectivity index (χ3v) is 5.78. The lowest BCUT2D eigenvalue weighted by atomic mass is 9.87. The molecular formula is C18H22N4O2S. The van der Waals surface area contributed by atoms with E-state index in [-0.39, 0.29) is 11.3 Å². The predicted octanol–water partition coefficient (Wildman–Crippen LogP) is 1.90. The first-order valence-corrected chi connectivity index (χ1v) is 9.50. The van der Waals surface area contributed by atoms with Gasteiger partial charge in [-0.25, -0.2) is 4.98 Å². The van der Waals surface area contributed by atoms with Gasteiger partial charge in [-0.1, -0.05) is 0 Å². The maximum Gasteiger partial charge on any atom is 0.254 e. The van der Waals surface area contributed by atoms with Crippen LogP contribution >= 0.6 is 11.3 Å². The number of carbonyl (C=O) groups excluding carboxylic acids is 1. The van der Waals surface area contributed by atoms with Gasteiger partial charge in [0.2, 0.25) is 0 Å². The van der Waals surface area contributed by atoms with Gasteiger partial charge < -0.3 is 9.64 Å². The molecule has 1 atom stereocenters. The van der Waals surface area contributed by atoms with Crippen molar-refractivity contribution >= 4 is 17.2 Å². The Morgan fingerprint density at radius 3 is 2.92 bits per heavy atom. The Morgan fingerprint density at radius 1 is 1.24 bits per heavy atom. The zero-order valence-corrected chi connectivity index (χ0v) is 15.0.